The molecular formula is C23H21N9O2S3. The molecule has 11 nitrogen and oxygen atoms in total. The molecule has 1 atom stereocenters. The number of nitrogens with zero attached hydrogens (tertiary/aromatic N) is 7. The van der Waals surface area contributed by atoms with Gasteiger partial charge in [-0.1, -0.05) is 47.4 Å². The van der Waals surface area contributed by atoms with E-state index in [1.54, 1.807) is 23.4 Å². The zero-order chi connectivity index (χ0) is 25.9. The number of nitrogens with one attached hydrogen (secondary N) is 1. The predicted octanol–water partition coefficient (Wildman–Crippen LogP) is 3.38. The van der Waals surface area contributed by atoms with E-state index in [0.717, 1.165) is 22.7 Å². The van der Waals surface area contributed by atoms with Crippen LogP contribution in [0.15, 0.2) is 51.5 Å². The van der Waals surface area contributed by atoms with Gasteiger partial charge in [-0.3, -0.25) is 24.8 Å². The van der Waals surface area contributed by atoms with Gasteiger partial charge in [0.15, 0.2) is 10.1 Å². The normalized spacial score (nSPS) is 17.6. The van der Waals surface area contributed by atoms with Gasteiger partial charge in [0.25, 0.3) is 0 Å². The van der Waals surface area contributed by atoms with Crippen molar-refractivity contribution in [1.82, 2.24) is 25.4 Å². The highest BCUT2D eigenvalue weighted by molar-refractivity contribution is 8.01. The number of allylic oxidation sites excluding steroid dienone is 3. The summed E-state index contributed by atoms with van der Waals surface area (Å²) in [6.45, 7) is 1.97. The summed E-state index contributed by atoms with van der Waals surface area (Å²) in [4.78, 5) is 31.4. The van der Waals surface area contributed by atoms with E-state index < -0.39 is 5.92 Å². The summed E-state index contributed by atoms with van der Waals surface area (Å²) in [6, 6.07) is 5.84. The summed E-state index contributed by atoms with van der Waals surface area (Å²) >= 11 is 3.82. The average Bonchev–Trinajstić information content (AvgIpc) is 3.57. The highest BCUT2D eigenvalue weighted by atomic mass is 32.2. The molecular weight excluding hydrogens is 531 g/mol. The molecule has 0 fully saturated rings. The van der Waals surface area contributed by atoms with E-state index in [1.165, 1.54) is 34.4 Å². The lowest BCUT2D eigenvalue weighted by molar-refractivity contribution is -0.116. The number of carbonyl (C=O) groups excluding carboxylic acids is 2. The Balaban J connectivity index is 1.40. The Morgan fingerprint density at radius 2 is 2.16 bits per heavy atom. The van der Waals surface area contributed by atoms with Crippen molar-refractivity contribution in [2.45, 2.75) is 42.9 Å². The number of ketones is 1. The molecule has 1 aliphatic heterocycles. The summed E-state index contributed by atoms with van der Waals surface area (Å²) in [7, 11) is 0. The van der Waals surface area contributed by atoms with Gasteiger partial charge in [0.2, 0.25) is 16.2 Å². The Morgan fingerprint density at radius 3 is 2.89 bits per heavy atom. The summed E-state index contributed by atoms with van der Waals surface area (Å²) in [5.41, 5.74) is 8.85. The second kappa shape index (κ2) is 10.8. The van der Waals surface area contributed by atoms with Gasteiger partial charge in [0.05, 0.1) is 23.3 Å². The minimum atomic E-state index is -0.572. The van der Waals surface area contributed by atoms with E-state index in [1.807, 2.05) is 13.0 Å². The Kier molecular flexibility index (Phi) is 7.26. The molecule has 14 heteroatoms. The van der Waals surface area contributed by atoms with Crippen LogP contribution in [0.1, 0.15) is 42.7 Å². The SMILES string of the molecule is CCc1nnc(NC(=O)CSc2nnc(N3C(N)=C(C#N)C(c4cccnc4)C4=C3CCCC4=O)s2)s1. The fraction of sp³-hybridized carbons (Fsp3) is 0.304. The van der Waals surface area contributed by atoms with Crippen LogP contribution in [0.3, 0.4) is 0 Å². The average molecular weight is 552 g/mol. The molecule has 2 aliphatic rings. The van der Waals surface area contributed by atoms with Crippen LogP contribution < -0.4 is 16.0 Å². The summed E-state index contributed by atoms with van der Waals surface area (Å²) in [6.07, 6.45) is 5.75. The Labute approximate surface area is 224 Å². The second-order valence-corrected chi connectivity index (χ2v) is 11.4. The van der Waals surface area contributed by atoms with Crippen molar-refractivity contribution < 1.29 is 9.59 Å². The molecule has 188 valence electrons. The quantitative estimate of drug-likeness (QED) is 0.414. The number of aryl methyl sites for hydroxylation is 1. The van der Waals surface area contributed by atoms with E-state index in [9.17, 15) is 14.9 Å². The number of pyridine rings is 1. The highest BCUT2D eigenvalue weighted by Gasteiger charge is 2.41. The standard InChI is InChI=1S/C23H21N9O2S3/c1-2-17-28-29-21(36-17)27-16(34)11-35-23-31-30-22(37-23)32-14-6-3-7-15(33)19(14)18(13(9-24)20(32)25)12-5-4-8-26-10-12/h4-5,8,10,18H,2-3,6-7,11,25H2,1H3,(H,27,29,34). The molecule has 5 rings (SSSR count). The smallest absolute Gasteiger partial charge is 0.236 e. The van der Waals surface area contributed by atoms with Gasteiger partial charge < -0.3 is 5.73 Å². The number of anilines is 2. The topological polar surface area (TPSA) is 164 Å². The van der Waals surface area contributed by atoms with Gasteiger partial charge in [0.1, 0.15) is 10.8 Å². The molecule has 4 heterocycles. The highest BCUT2D eigenvalue weighted by Crippen LogP contribution is 2.46. The number of amides is 1. The molecule has 0 saturated carbocycles. The van der Waals surface area contributed by atoms with Crippen LogP contribution in [0.5, 0.6) is 0 Å². The maximum atomic E-state index is 13.1. The van der Waals surface area contributed by atoms with Crippen LogP contribution in [0.2, 0.25) is 0 Å². The van der Waals surface area contributed by atoms with Gasteiger partial charge in [0, 0.05) is 30.1 Å². The van der Waals surface area contributed by atoms with Gasteiger partial charge >= 0.3 is 0 Å². The largest absolute Gasteiger partial charge is 0.384 e. The zero-order valence-corrected chi connectivity index (χ0v) is 22.1. The molecule has 3 N–H and O–H groups in total. The number of nitrogens with two attached hydrogens (primary N) is 1. The van der Waals surface area contributed by atoms with Crippen LogP contribution in [-0.4, -0.2) is 42.8 Å². The van der Waals surface area contributed by atoms with Crippen molar-refractivity contribution in [3.8, 4) is 6.07 Å². The first kappa shape index (κ1) is 25.0. The lowest BCUT2D eigenvalue weighted by atomic mass is 9.76. The first-order valence-corrected chi connectivity index (χ1v) is 14.1. The molecule has 3 aromatic rings. The number of hydrogen-bond donors (Lipinski definition) is 2. The van der Waals surface area contributed by atoms with E-state index in [4.69, 9.17) is 5.73 Å². The summed E-state index contributed by atoms with van der Waals surface area (Å²) in [5.74, 6) is -0.485. The third-order valence-corrected chi connectivity index (χ3v) is 8.89. The molecule has 0 bridgehead atoms. The van der Waals surface area contributed by atoms with Crippen molar-refractivity contribution in [3.63, 3.8) is 0 Å². The summed E-state index contributed by atoms with van der Waals surface area (Å²) < 4.78 is 0.557. The molecule has 0 saturated heterocycles. The molecule has 3 aromatic heterocycles. The van der Waals surface area contributed by atoms with E-state index in [2.05, 4.69) is 36.8 Å². The van der Waals surface area contributed by atoms with Crippen molar-refractivity contribution >= 4 is 56.4 Å². The minimum absolute atomic E-state index is 0.0148. The van der Waals surface area contributed by atoms with Crippen LogP contribution in [0.25, 0.3) is 0 Å². The van der Waals surface area contributed by atoms with E-state index in [-0.39, 0.29) is 28.8 Å². The molecule has 1 aliphatic carbocycles. The number of hydrogen-bond acceptors (Lipinski definition) is 13. The van der Waals surface area contributed by atoms with Crippen molar-refractivity contribution in [3.05, 3.63) is 57.8 Å². The Bertz CT molecular complexity index is 1460. The van der Waals surface area contributed by atoms with Crippen LogP contribution in [0.4, 0.5) is 10.3 Å². The summed E-state index contributed by atoms with van der Waals surface area (Å²) in [5, 5.41) is 31.0. The maximum Gasteiger partial charge on any atom is 0.236 e. The fourth-order valence-electron chi connectivity index (χ4n) is 4.27. The Hall–Kier alpha value is -3.67. The minimum Gasteiger partial charge on any atom is -0.384 e. The number of Topliss-reactive ketones (excluding diaryl/α,β-unsaturated/α-hetero) is 1. The number of carbonyl (C=O) groups is 2. The van der Waals surface area contributed by atoms with Gasteiger partial charge in [-0.15, -0.1) is 20.4 Å². The third-order valence-electron chi connectivity index (χ3n) is 5.86. The molecule has 0 aromatic carbocycles. The second-order valence-electron chi connectivity index (χ2n) is 8.14. The van der Waals surface area contributed by atoms with Crippen LogP contribution >= 0.6 is 34.4 Å². The third kappa shape index (κ3) is 4.97. The number of nitriles is 1. The number of rotatable bonds is 7. The van der Waals surface area contributed by atoms with Gasteiger partial charge in [-0.2, -0.15) is 5.26 Å². The zero-order valence-electron chi connectivity index (χ0n) is 19.7. The lowest BCUT2D eigenvalue weighted by Crippen LogP contribution is -2.38. The molecule has 0 radical (unpaired) electrons. The van der Waals surface area contributed by atoms with Crippen molar-refractivity contribution in [2.24, 2.45) is 5.73 Å². The first-order chi connectivity index (χ1) is 18.0. The molecule has 0 spiro atoms. The van der Waals surface area contributed by atoms with Gasteiger partial charge in [-0.05, 0) is 30.9 Å². The predicted molar refractivity (Wildman–Crippen MR) is 141 cm³/mol. The fourth-order valence-corrected chi connectivity index (χ4v) is 6.64. The van der Waals surface area contributed by atoms with Crippen molar-refractivity contribution in [2.75, 3.05) is 16.0 Å². The van der Waals surface area contributed by atoms with E-state index in [0.29, 0.717) is 39.4 Å². The first-order valence-electron chi connectivity index (χ1n) is 11.4. The monoisotopic (exact) mass is 551 g/mol. The van der Waals surface area contributed by atoms with Crippen molar-refractivity contribution in [1.29, 1.82) is 5.26 Å². The molecule has 37 heavy (non-hydrogen) atoms. The maximum absolute atomic E-state index is 13.1. The molecule has 1 unspecified atom stereocenters. The number of thioether (sulfide) groups is 1. The van der Waals surface area contributed by atoms with Gasteiger partial charge in [-0.25, -0.2) is 0 Å². The van der Waals surface area contributed by atoms with Crippen LogP contribution in [0, 0.1) is 11.3 Å². The van der Waals surface area contributed by atoms with Crippen LogP contribution in [-0.2, 0) is 16.0 Å². The Morgan fingerprint density at radius 1 is 1.30 bits per heavy atom. The number of aromatic nitrogens is 5. The molecule has 1 amide bonds. The van der Waals surface area contributed by atoms with E-state index >= 15 is 0 Å². The lowest BCUT2D eigenvalue weighted by Gasteiger charge is -2.37.